The van der Waals surface area contributed by atoms with Crippen LogP contribution in [0.2, 0.25) is 0 Å². The number of benzene rings is 1. The van der Waals surface area contributed by atoms with Gasteiger partial charge in [0.1, 0.15) is 0 Å². The Morgan fingerprint density at radius 3 is 2.85 bits per heavy atom. The van der Waals surface area contributed by atoms with E-state index in [4.69, 9.17) is 4.74 Å². The van der Waals surface area contributed by atoms with Crippen molar-refractivity contribution in [1.82, 2.24) is 9.55 Å². The summed E-state index contributed by atoms with van der Waals surface area (Å²) in [4.78, 5) is 16.8. The smallest absolute Gasteiger partial charge is 0.330 e. The molecule has 0 aliphatic rings. The van der Waals surface area contributed by atoms with Gasteiger partial charge in [0.05, 0.1) is 18.5 Å². The molecule has 0 spiro atoms. The van der Waals surface area contributed by atoms with E-state index in [9.17, 15) is 4.79 Å². The summed E-state index contributed by atoms with van der Waals surface area (Å²) in [6.45, 7) is 2.16. The van der Waals surface area contributed by atoms with Crippen LogP contribution in [0.3, 0.4) is 0 Å². The van der Waals surface area contributed by atoms with Gasteiger partial charge in [-0.1, -0.05) is 30.0 Å². The SMILES string of the molecule is CCOC(=O)/C=C/c1cnc(Sc2ccccc2)n1C. The van der Waals surface area contributed by atoms with Gasteiger partial charge in [0, 0.05) is 18.0 Å². The van der Waals surface area contributed by atoms with Gasteiger partial charge in [-0.05, 0) is 25.1 Å². The molecule has 0 unspecified atom stereocenters. The number of aromatic nitrogens is 2. The summed E-state index contributed by atoms with van der Waals surface area (Å²) >= 11 is 1.58. The Labute approximate surface area is 122 Å². The maximum Gasteiger partial charge on any atom is 0.330 e. The van der Waals surface area contributed by atoms with Crippen LogP contribution in [0.15, 0.2) is 52.7 Å². The molecule has 2 aromatic rings. The highest BCUT2D eigenvalue weighted by molar-refractivity contribution is 7.99. The van der Waals surface area contributed by atoms with E-state index in [1.54, 1.807) is 31.0 Å². The first-order chi connectivity index (χ1) is 9.70. The summed E-state index contributed by atoms with van der Waals surface area (Å²) in [6, 6.07) is 10.0. The molecule has 1 heterocycles. The summed E-state index contributed by atoms with van der Waals surface area (Å²) in [5, 5.41) is 0.875. The first-order valence-corrected chi connectivity index (χ1v) is 7.12. The molecule has 0 aliphatic carbocycles. The molecule has 1 aromatic heterocycles. The number of carbonyl (C=O) groups is 1. The molecule has 20 heavy (non-hydrogen) atoms. The minimum Gasteiger partial charge on any atom is -0.463 e. The van der Waals surface area contributed by atoms with Gasteiger partial charge in [-0.15, -0.1) is 0 Å². The molecular weight excluding hydrogens is 272 g/mol. The zero-order valence-electron chi connectivity index (χ0n) is 11.4. The minimum atomic E-state index is -0.342. The Hall–Kier alpha value is -2.01. The molecule has 0 N–H and O–H groups in total. The molecule has 1 aromatic carbocycles. The fourth-order valence-electron chi connectivity index (χ4n) is 1.59. The van der Waals surface area contributed by atoms with Gasteiger partial charge < -0.3 is 9.30 Å². The average Bonchev–Trinajstić information content (AvgIpc) is 2.79. The predicted octanol–water partition coefficient (Wildman–Crippen LogP) is 3.15. The van der Waals surface area contributed by atoms with Crippen LogP contribution >= 0.6 is 11.8 Å². The van der Waals surface area contributed by atoms with Crippen molar-refractivity contribution in [1.29, 1.82) is 0 Å². The molecule has 5 heteroatoms. The molecule has 4 nitrogen and oxygen atoms in total. The van der Waals surface area contributed by atoms with Gasteiger partial charge in [-0.2, -0.15) is 0 Å². The zero-order chi connectivity index (χ0) is 14.4. The van der Waals surface area contributed by atoms with Gasteiger partial charge in [0.25, 0.3) is 0 Å². The second-order valence-electron chi connectivity index (χ2n) is 4.03. The third kappa shape index (κ3) is 3.74. The van der Waals surface area contributed by atoms with Crippen molar-refractivity contribution in [2.24, 2.45) is 7.05 Å². The lowest BCUT2D eigenvalue weighted by Gasteiger charge is -2.03. The van der Waals surface area contributed by atoms with E-state index in [1.165, 1.54) is 6.08 Å². The number of nitrogens with zero attached hydrogens (tertiary/aromatic N) is 2. The number of imidazole rings is 1. The van der Waals surface area contributed by atoms with E-state index in [2.05, 4.69) is 4.98 Å². The molecule has 2 rings (SSSR count). The molecule has 0 bridgehead atoms. The van der Waals surface area contributed by atoms with E-state index in [0.29, 0.717) is 6.61 Å². The fraction of sp³-hybridized carbons (Fsp3) is 0.200. The van der Waals surface area contributed by atoms with Crippen molar-refractivity contribution in [3.63, 3.8) is 0 Å². The standard InChI is InChI=1S/C15H16N2O2S/c1-3-19-14(18)10-9-12-11-16-15(17(12)2)20-13-7-5-4-6-8-13/h4-11H,3H2,1-2H3/b10-9+. The highest BCUT2D eigenvalue weighted by Gasteiger charge is 2.06. The molecule has 0 aliphatic heterocycles. The number of rotatable bonds is 5. The van der Waals surface area contributed by atoms with Crippen molar-refractivity contribution in [2.75, 3.05) is 6.61 Å². The van der Waals surface area contributed by atoms with Crippen molar-refractivity contribution >= 4 is 23.8 Å². The Morgan fingerprint density at radius 2 is 2.15 bits per heavy atom. The molecule has 0 amide bonds. The van der Waals surface area contributed by atoms with Crippen molar-refractivity contribution in [2.45, 2.75) is 17.0 Å². The average molecular weight is 288 g/mol. The first kappa shape index (κ1) is 14.4. The second kappa shape index (κ2) is 6.96. The van der Waals surface area contributed by atoms with Crippen LogP contribution in [-0.2, 0) is 16.6 Å². The van der Waals surface area contributed by atoms with Crippen LogP contribution in [0, 0.1) is 0 Å². The molecular formula is C15H16N2O2S. The summed E-state index contributed by atoms with van der Waals surface area (Å²) < 4.78 is 6.78. The molecule has 0 radical (unpaired) electrons. The highest BCUT2D eigenvalue weighted by atomic mass is 32.2. The summed E-state index contributed by atoms with van der Waals surface area (Å²) in [6.07, 6.45) is 4.86. The normalized spacial score (nSPS) is 10.9. The molecule has 0 saturated carbocycles. The Balaban J connectivity index is 2.09. The number of esters is 1. The molecule has 104 valence electrons. The quantitative estimate of drug-likeness (QED) is 0.626. The molecule has 0 atom stereocenters. The van der Waals surface area contributed by atoms with E-state index in [-0.39, 0.29) is 5.97 Å². The van der Waals surface area contributed by atoms with Crippen LogP contribution in [-0.4, -0.2) is 22.1 Å². The maximum atomic E-state index is 11.3. The third-order valence-corrected chi connectivity index (χ3v) is 3.68. The van der Waals surface area contributed by atoms with E-state index >= 15 is 0 Å². The number of carbonyl (C=O) groups excluding carboxylic acids is 1. The largest absolute Gasteiger partial charge is 0.463 e. The lowest BCUT2D eigenvalue weighted by atomic mass is 10.4. The van der Waals surface area contributed by atoms with E-state index in [1.807, 2.05) is 41.9 Å². The van der Waals surface area contributed by atoms with Crippen LogP contribution < -0.4 is 0 Å². The topological polar surface area (TPSA) is 44.1 Å². The maximum absolute atomic E-state index is 11.3. The van der Waals surface area contributed by atoms with Crippen molar-refractivity contribution in [3.05, 3.63) is 48.3 Å². The van der Waals surface area contributed by atoms with Gasteiger partial charge in [-0.3, -0.25) is 0 Å². The van der Waals surface area contributed by atoms with Crippen molar-refractivity contribution in [3.8, 4) is 0 Å². The van der Waals surface area contributed by atoms with Gasteiger partial charge in [0.2, 0.25) is 0 Å². The zero-order valence-corrected chi connectivity index (χ0v) is 12.3. The first-order valence-electron chi connectivity index (χ1n) is 6.30. The summed E-state index contributed by atoms with van der Waals surface area (Å²) in [7, 11) is 1.92. The van der Waals surface area contributed by atoms with E-state index < -0.39 is 0 Å². The summed E-state index contributed by atoms with van der Waals surface area (Å²) in [5.74, 6) is -0.342. The van der Waals surface area contributed by atoms with Crippen LogP contribution in [0.1, 0.15) is 12.6 Å². The molecule has 0 fully saturated rings. The minimum absolute atomic E-state index is 0.342. The lowest BCUT2D eigenvalue weighted by Crippen LogP contribution is -1.99. The van der Waals surface area contributed by atoms with Gasteiger partial charge >= 0.3 is 5.97 Å². The number of hydrogen-bond acceptors (Lipinski definition) is 4. The third-order valence-electron chi connectivity index (χ3n) is 2.61. The van der Waals surface area contributed by atoms with Gasteiger partial charge in [-0.25, -0.2) is 9.78 Å². The van der Waals surface area contributed by atoms with Crippen LogP contribution in [0.4, 0.5) is 0 Å². The number of ether oxygens (including phenoxy) is 1. The summed E-state index contributed by atoms with van der Waals surface area (Å²) in [5.41, 5.74) is 0.858. The molecule has 0 saturated heterocycles. The Kier molecular flexibility index (Phi) is 5.01. The highest BCUT2D eigenvalue weighted by Crippen LogP contribution is 2.26. The number of hydrogen-bond donors (Lipinski definition) is 0. The van der Waals surface area contributed by atoms with E-state index in [0.717, 1.165) is 15.7 Å². The Morgan fingerprint density at radius 1 is 1.40 bits per heavy atom. The lowest BCUT2D eigenvalue weighted by molar-refractivity contribution is -0.137. The monoisotopic (exact) mass is 288 g/mol. The Bertz CT molecular complexity index is 606. The second-order valence-corrected chi connectivity index (χ2v) is 5.07. The van der Waals surface area contributed by atoms with Gasteiger partial charge in [0.15, 0.2) is 5.16 Å². The van der Waals surface area contributed by atoms with Crippen LogP contribution in [0.25, 0.3) is 6.08 Å². The van der Waals surface area contributed by atoms with Crippen molar-refractivity contribution < 1.29 is 9.53 Å². The van der Waals surface area contributed by atoms with Crippen LogP contribution in [0.5, 0.6) is 0 Å². The fourth-order valence-corrected chi connectivity index (χ4v) is 2.44. The predicted molar refractivity (Wildman–Crippen MR) is 79.4 cm³/mol.